The molecule has 0 saturated carbocycles. The second kappa shape index (κ2) is 5.76. The monoisotopic (exact) mass is 309 g/mol. The average molecular weight is 309 g/mol. The molecule has 5 heteroatoms. The molecule has 0 N–H and O–H groups in total. The van der Waals surface area contributed by atoms with E-state index in [-0.39, 0.29) is 15.0 Å². The van der Waals surface area contributed by atoms with Crippen molar-refractivity contribution in [3.05, 3.63) is 64.0 Å². The second-order valence-electron chi connectivity index (χ2n) is 3.19. The quantitative estimate of drug-likeness (QED) is 0.362. The summed E-state index contributed by atoms with van der Waals surface area (Å²) in [4.78, 5) is 2.83. The van der Waals surface area contributed by atoms with E-state index in [1.807, 2.05) is 48.5 Å². The molecular formula is C12H8ClN3Se. The first-order chi connectivity index (χ1) is 8.31. The standard InChI is InChI=1S/C12H8ClN3Se/c13-9-5-1-3-7-11(9)17-12-8-4-2-6-10(12)15-16-14/h1-8H. The van der Waals surface area contributed by atoms with Crippen molar-refractivity contribution in [3.63, 3.8) is 0 Å². The van der Waals surface area contributed by atoms with Crippen LogP contribution in [0.4, 0.5) is 5.69 Å². The fourth-order valence-electron chi connectivity index (χ4n) is 1.32. The van der Waals surface area contributed by atoms with Crippen LogP contribution in [-0.4, -0.2) is 15.0 Å². The number of hydrogen-bond acceptors (Lipinski definition) is 1. The Kier molecular flexibility index (Phi) is 4.07. The van der Waals surface area contributed by atoms with Gasteiger partial charge in [-0.1, -0.05) is 0 Å². The van der Waals surface area contributed by atoms with Gasteiger partial charge in [0.05, 0.1) is 0 Å². The zero-order valence-electron chi connectivity index (χ0n) is 8.75. The first-order valence-electron chi connectivity index (χ1n) is 4.88. The molecule has 2 rings (SSSR count). The van der Waals surface area contributed by atoms with E-state index in [4.69, 9.17) is 17.1 Å². The van der Waals surface area contributed by atoms with Gasteiger partial charge in [-0.15, -0.1) is 0 Å². The van der Waals surface area contributed by atoms with Gasteiger partial charge in [0.1, 0.15) is 0 Å². The SMILES string of the molecule is [N-]=[N+]=Nc1ccccc1[Se]c1ccccc1Cl. The van der Waals surface area contributed by atoms with Crippen molar-refractivity contribution < 1.29 is 0 Å². The van der Waals surface area contributed by atoms with E-state index < -0.39 is 0 Å². The Labute approximate surface area is 110 Å². The molecule has 17 heavy (non-hydrogen) atoms. The number of benzene rings is 2. The summed E-state index contributed by atoms with van der Waals surface area (Å²) in [7, 11) is 0. The summed E-state index contributed by atoms with van der Waals surface area (Å²) < 4.78 is 2.12. The van der Waals surface area contributed by atoms with Crippen LogP contribution in [0.25, 0.3) is 10.4 Å². The molecule has 3 nitrogen and oxygen atoms in total. The van der Waals surface area contributed by atoms with Gasteiger partial charge >= 0.3 is 110 Å². The number of hydrogen-bond donors (Lipinski definition) is 0. The fourth-order valence-corrected chi connectivity index (χ4v) is 3.56. The van der Waals surface area contributed by atoms with E-state index in [9.17, 15) is 0 Å². The Morgan fingerprint density at radius 1 is 1.00 bits per heavy atom. The third kappa shape index (κ3) is 3.02. The van der Waals surface area contributed by atoms with Gasteiger partial charge < -0.3 is 0 Å². The Balaban J connectivity index is 2.36. The second-order valence-corrected chi connectivity index (χ2v) is 5.87. The third-order valence-corrected chi connectivity index (χ3v) is 5.05. The number of halogens is 1. The van der Waals surface area contributed by atoms with Gasteiger partial charge in [-0.3, -0.25) is 0 Å². The summed E-state index contributed by atoms with van der Waals surface area (Å²) >= 11 is 6.16. The Morgan fingerprint density at radius 2 is 1.65 bits per heavy atom. The summed E-state index contributed by atoms with van der Waals surface area (Å²) in [5.41, 5.74) is 9.18. The average Bonchev–Trinajstić information content (AvgIpc) is 2.35. The van der Waals surface area contributed by atoms with E-state index >= 15 is 0 Å². The summed E-state index contributed by atoms with van der Waals surface area (Å²) in [5, 5.41) is 4.44. The molecule has 0 spiro atoms. The predicted octanol–water partition coefficient (Wildman–Crippen LogP) is 2.94. The molecule has 0 aromatic heterocycles. The molecule has 2 aromatic rings. The normalized spacial score (nSPS) is 9.71. The molecule has 2 aromatic carbocycles. The topological polar surface area (TPSA) is 48.8 Å². The van der Waals surface area contributed by atoms with Crippen molar-refractivity contribution in [1.82, 2.24) is 0 Å². The minimum absolute atomic E-state index is 0.0448. The maximum absolute atomic E-state index is 8.50. The summed E-state index contributed by atoms with van der Waals surface area (Å²) in [6.07, 6.45) is 0. The Morgan fingerprint density at radius 3 is 2.35 bits per heavy atom. The fraction of sp³-hybridized carbons (Fsp3) is 0. The zero-order chi connectivity index (χ0) is 12.1. The van der Waals surface area contributed by atoms with E-state index in [2.05, 4.69) is 10.0 Å². The van der Waals surface area contributed by atoms with E-state index in [1.165, 1.54) is 0 Å². The van der Waals surface area contributed by atoms with Gasteiger partial charge in [0, 0.05) is 0 Å². The van der Waals surface area contributed by atoms with Crippen LogP contribution in [0, 0.1) is 0 Å². The maximum atomic E-state index is 8.50. The number of rotatable bonds is 3. The number of nitrogens with zero attached hydrogens (tertiary/aromatic N) is 3. The molecule has 0 atom stereocenters. The van der Waals surface area contributed by atoms with Crippen LogP contribution in [0.3, 0.4) is 0 Å². The van der Waals surface area contributed by atoms with Crippen molar-refractivity contribution in [2.75, 3.05) is 0 Å². The van der Waals surface area contributed by atoms with Gasteiger partial charge in [0.2, 0.25) is 0 Å². The molecule has 0 aliphatic heterocycles. The summed E-state index contributed by atoms with van der Waals surface area (Å²) in [6, 6.07) is 15.3. The molecule has 0 heterocycles. The van der Waals surface area contributed by atoms with E-state index in [0.29, 0.717) is 5.69 Å². The van der Waals surface area contributed by atoms with Gasteiger partial charge in [-0.05, 0) is 0 Å². The van der Waals surface area contributed by atoms with Crippen LogP contribution >= 0.6 is 11.6 Å². The zero-order valence-corrected chi connectivity index (χ0v) is 11.2. The Bertz CT molecular complexity index is 579. The van der Waals surface area contributed by atoms with Crippen molar-refractivity contribution in [3.8, 4) is 0 Å². The van der Waals surface area contributed by atoms with Gasteiger partial charge in [-0.2, -0.15) is 0 Å². The summed E-state index contributed by atoms with van der Waals surface area (Å²) in [6.45, 7) is 0. The van der Waals surface area contributed by atoms with Crippen molar-refractivity contribution in [2.45, 2.75) is 0 Å². The molecule has 0 aliphatic carbocycles. The van der Waals surface area contributed by atoms with E-state index in [0.717, 1.165) is 13.9 Å². The molecule has 0 bridgehead atoms. The molecule has 84 valence electrons. The van der Waals surface area contributed by atoms with Gasteiger partial charge in [0.15, 0.2) is 0 Å². The first kappa shape index (κ1) is 12.0. The van der Waals surface area contributed by atoms with Crippen molar-refractivity contribution in [1.29, 1.82) is 0 Å². The Hall–Kier alpha value is -1.44. The van der Waals surface area contributed by atoms with E-state index in [1.54, 1.807) is 0 Å². The van der Waals surface area contributed by atoms with Crippen LogP contribution in [-0.2, 0) is 0 Å². The van der Waals surface area contributed by atoms with Crippen molar-refractivity contribution in [2.24, 2.45) is 5.11 Å². The van der Waals surface area contributed by atoms with Crippen LogP contribution in [0.5, 0.6) is 0 Å². The number of azide groups is 1. The molecular weight excluding hydrogens is 301 g/mol. The molecule has 0 fully saturated rings. The van der Waals surface area contributed by atoms with Gasteiger partial charge in [0.25, 0.3) is 0 Å². The molecule has 0 aliphatic rings. The molecule has 0 unspecified atom stereocenters. The van der Waals surface area contributed by atoms with Crippen LogP contribution in [0.15, 0.2) is 53.6 Å². The molecule has 0 amide bonds. The summed E-state index contributed by atoms with van der Waals surface area (Å²) in [5.74, 6) is 0. The van der Waals surface area contributed by atoms with Gasteiger partial charge in [-0.25, -0.2) is 0 Å². The van der Waals surface area contributed by atoms with Crippen LogP contribution in [0.1, 0.15) is 0 Å². The van der Waals surface area contributed by atoms with Crippen LogP contribution in [0.2, 0.25) is 5.02 Å². The minimum atomic E-state index is 0.0448. The van der Waals surface area contributed by atoms with Crippen LogP contribution < -0.4 is 8.92 Å². The molecule has 0 saturated heterocycles. The van der Waals surface area contributed by atoms with Crippen molar-refractivity contribution >= 4 is 41.2 Å². The predicted molar refractivity (Wildman–Crippen MR) is 71.7 cm³/mol. The first-order valence-corrected chi connectivity index (χ1v) is 6.97. The molecule has 0 radical (unpaired) electrons. The third-order valence-electron chi connectivity index (χ3n) is 2.07.